The summed E-state index contributed by atoms with van der Waals surface area (Å²) in [5, 5.41) is 13.0. The Hall–Kier alpha value is -1.16. The molecule has 6 N–H and O–H groups in total. The number of barbiturate groups is 1. The van der Waals surface area contributed by atoms with Gasteiger partial charge < -0.3 is 21.4 Å². The van der Waals surface area contributed by atoms with E-state index in [0.717, 1.165) is 19.4 Å². The molecule has 27 heavy (non-hydrogen) atoms. The zero-order valence-corrected chi connectivity index (χ0v) is 19.2. The Kier molecular flexibility index (Phi) is 19.2. The molecule has 0 radical (unpaired) electrons. The number of carbonyl (C=O) groups excluding carboxylic acids is 4. The number of nitrogens with one attached hydrogen (secondary N) is 2. The molecule has 1 fully saturated rings. The molecule has 0 spiro atoms. The van der Waals surface area contributed by atoms with Gasteiger partial charge in [0, 0.05) is 0 Å². The van der Waals surface area contributed by atoms with Crippen LogP contribution in [0.3, 0.4) is 0 Å². The van der Waals surface area contributed by atoms with Gasteiger partial charge in [-0.05, 0) is 31.7 Å². The molecule has 0 bridgehead atoms. The predicted molar refractivity (Wildman–Crippen MR) is 96.6 cm³/mol. The Labute approximate surface area is 183 Å². The zero-order chi connectivity index (χ0) is 20.8. The average Bonchev–Trinajstić information content (AvgIpc) is 2.53. The summed E-state index contributed by atoms with van der Waals surface area (Å²) in [6.07, 6.45) is 4.25. The van der Waals surface area contributed by atoms with Gasteiger partial charge in [0.1, 0.15) is 11.5 Å². The fourth-order valence-electron chi connectivity index (χ4n) is 2.75. The third-order valence-corrected chi connectivity index (χ3v) is 4.19. The van der Waals surface area contributed by atoms with Gasteiger partial charge in [-0.1, -0.05) is 47.0 Å². The van der Waals surface area contributed by atoms with E-state index in [4.69, 9.17) is 15.6 Å². The number of carboxylic acid groups (broad SMARTS) is 1. The second kappa shape index (κ2) is 17.0. The van der Waals surface area contributed by atoms with Crippen molar-refractivity contribution < 1.29 is 53.8 Å². The first-order chi connectivity index (χ1) is 12.1. The quantitative estimate of drug-likeness (QED) is 0.213. The van der Waals surface area contributed by atoms with E-state index in [-0.39, 0.29) is 35.5 Å². The first kappa shape index (κ1) is 30.6. The molecule has 5 amide bonds. The third-order valence-electron chi connectivity index (χ3n) is 4.19. The number of urea groups is 1. The second-order valence-corrected chi connectivity index (χ2v) is 6.07. The minimum atomic E-state index is -1.58. The van der Waals surface area contributed by atoms with Crippen LogP contribution in [0.5, 0.6) is 0 Å². The first-order valence-corrected chi connectivity index (χ1v) is 8.97. The van der Waals surface area contributed by atoms with E-state index in [1.54, 1.807) is 6.92 Å². The number of primary amides is 1. The topological polar surface area (TPSA) is 167 Å². The van der Waals surface area contributed by atoms with E-state index < -0.39 is 29.4 Å². The molecule has 1 aliphatic rings. The van der Waals surface area contributed by atoms with Gasteiger partial charge in [0.05, 0.1) is 0 Å². The van der Waals surface area contributed by atoms with Crippen molar-refractivity contribution >= 4 is 23.9 Å². The van der Waals surface area contributed by atoms with Gasteiger partial charge in [-0.25, -0.2) is 4.79 Å². The number of rotatable bonds is 7. The van der Waals surface area contributed by atoms with Crippen molar-refractivity contribution in [3.8, 4) is 0 Å². The number of unbranched alkanes of at least 4 members (excludes halogenated alkanes) is 2. The van der Waals surface area contributed by atoms with Crippen LogP contribution in [0.25, 0.3) is 0 Å². The maximum absolute atomic E-state index is 11.9. The van der Waals surface area contributed by atoms with Crippen molar-refractivity contribution in [2.75, 3.05) is 6.54 Å². The molecule has 9 nitrogen and oxygen atoms in total. The van der Waals surface area contributed by atoms with Crippen LogP contribution >= 0.6 is 0 Å². The van der Waals surface area contributed by atoms with Crippen LogP contribution in [-0.4, -0.2) is 30.5 Å². The van der Waals surface area contributed by atoms with Gasteiger partial charge in [0.15, 0.2) is 0 Å². The molecule has 1 saturated heterocycles. The zero-order valence-electron chi connectivity index (χ0n) is 17.2. The Balaban J connectivity index is -0.000000438. The summed E-state index contributed by atoms with van der Waals surface area (Å²) >= 11 is 0. The second-order valence-electron chi connectivity index (χ2n) is 6.07. The van der Waals surface area contributed by atoms with E-state index in [2.05, 4.69) is 23.3 Å². The van der Waals surface area contributed by atoms with Gasteiger partial charge in [0.25, 0.3) is 0 Å². The largest absolute Gasteiger partial charge is 1.00 e. The van der Waals surface area contributed by atoms with Crippen LogP contribution < -0.4 is 56.8 Å². The number of imide groups is 2. The van der Waals surface area contributed by atoms with Crippen LogP contribution in [0.1, 0.15) is 66.2 Å². The Morgan fingerprint density at radius 2 is 1.52 bits per heavy atom. The molecule has 0 saturated carbocycles. The minimum absolute atomic E-state index is 0. The van der Waals surface area contributed by atoms with E-state index >= 15 is 0 Å². The van der Waals surface area contributed by atoms with Crippen molar-refractivity contribution in [1.29, 1.82) is 0 Å². The van der Waals surface area contributed by atoms with Gasteiger partial charge in [-0.15, -0.1) is 0 Å². The van der Waals surface area contributed by atoms with Gasteiger partial charge in [0.2, 0.25) is 11.8 Å². The third kappa shape index (κ3) is 11.3. The molecule has 152 valence electrons. The molecule has 1 heterocycles. The van der Waals surface area contributed by atoms with Gasteiger partial charge >= 0.3 is 35.6 Å². The molecule has 0 aromatic carbocycles. The average molecular weight is 396 g/mol. The van der Waals surface area contributed by atoms with Crippen molar-refractivity contribution in [1.82, 2.24) is 10.6 Å². The van der Waals surface area contributed by atoms with Crippen molar-refractivity contribution in [2.45, 2.75) is 66.2 Å². The maximum Gasteiger partial charge on any atom is 1.00 e. The van der Waals surface area contributed by atoms with Crippen LogP contribution in [0.15, 0.2) is 0 Å². The number of hydrogen-bond acceptors (Lipinski definition) is 6. The molecule has 1 rings (SSSR count). The van der Waals surface area contributed by atoms with Crippen LogP contribution in [0.2, 0.25) is 0 Å². The van der Waals surface area contributed by atoms with Gasteiger partial charge in [-0.2, -0.15) is 0 Å². The van der Waals surface area contributed by atoms with Crippen LogP contribution in [0, 0.1) is 11.3 Å². The molecule has 0 aromatic rings. The van der Waals surface area contributed by atoms with Crippen LogP contribution in [-0.2, 0) is 9.59 Å². The first-order valence-electron chi connectivity index (χ1n) is 8.97. The normalized spacial score (nSPS) is 15.5. The summed E-state index contributed by atoms with van der Waals surface area (Å²) in [5.74, 6) is -1.01. The smallest absolute Gasteiger partial charge is 0.530 e. The Morgan fingerprint density at radius 3 is 1.78 bits per heavy atom. The van der Waals surface area contributed by atoms with E-state index in [1.165, 1.54) is 19.3 Å². The standard InChI is InChI=1S/C11H18N2O3.C5H13N.CH3NO2.Na/c1-4-6-7(3)11(5-2)8(14)12-10(16)13-9(11)15;1-2-3-4-5-6;2-1(3)4;/h7H,4-6H2,1-3H3,(H2,12,13,14,15,16);2-6H2,1H3;2H2,(H,3,4);/q;;;+1/p-1. The molecule has 10 heteroatoms. The van der Waals surface area contributed by atoms with Crippen molar-refractivity contribution in [2.24, 2.45) is 22.8 Å². The Morgan fingerprint density at radius 1 is 1.07 bits per heavy atom. The minimum Gasteiger partial charge on any atom is -0.530 e. The maximum atomic E-state index is 11.9. The molecule has 1 unspecified atom stereocenters. The van der Waals surface area contributed by atoms with Crippen LogP contribution in [0.4, 0.5) is 9.59 Å². The van der Waals surface area contributed by atoms with Crippen molar-refractivity contribution in [3.05, 3.63) is 0 Å². The molecule has 1 aliphatic heterocycles. The van der Waals surface area contributed by atoms with Crippen molar-refractivity contribution in [3.63, 3.8) is 0 Å². The molecule has 1 atom stereocenters. The monoisotopic (exact) mass is 396 g/mol. The number of amides is 5. The van der Waals surface area contributed by atoms with Gasteiger partial charge in [-0.3, -0.25) is 20.2 Å². The summed E-state index contributed by atoms with van der Waals surface area (Å²) in [6, 6.07) is -0.720. The summed E-state index contributed by atoms with van der Waals surface area (Å²) < 4.78 is 0. The van der Waals surface area contributed by atoms with E-state index in [1.807, 2.05) is 13.8 Å². The number of carbonyl (C=O) groups is 4. The summed E-state index contributed by atoms with van der Waals surface area (Å²) in [7, 11) is 0. The fraction of sp³-hybridized carbons (Fsp3) is 0.765. The summed E-state index contributed by atoms with van der Waals surface area (Å²) in [6.45, 7) is 8.70. The Bertz CT molecular complexity index is 446. The molecular weight excluding hydrogens is 363 g/mol. The molecular formula is C17H33N4NaO5. The summed E-state index contributed by atoms with van der Waals surface area (Å²) in [5.41, 5.74) is 8.04. The fourth-order valence-corrected chi connectivity index (χ4v) is 2.75. The summed E-state index contributed by atoms with van der Waals surface area (Å²) in [4.78, 5) is 43.5. The van der Waals surface area contributed by atoms with E-state index in [0.29, 0.717) is 6.42 Å². The predicted octanol–water partition coefficient (Wildman–Crippen LogP) is -2.39. The molecule has 0 aromatic heterocycles. The van der Waals surface area contributed by atoms with E-state index in [9.17, 15) is 14.4 Å². The SMILES string of the molecule is CCCC(C)C1(CC)C(=O)NC(=O)NC1=O.CCCCCN.NC(=O)[O-].[Na+]. The number of hydrogen-bond donors (Lipinski definition) is 4. The number of nitrogens with two attached hydrogens (primary N) is 2. The molecule has 0 aliphatic carbocycles.